The quantitative estimate of drug-likeness (QED) is 0.198. The molecule has 4 aromatic rings. The maximum atomic E-state index is 14.7. The molecule has 0 aromatic heterocycles. The van der Waals surface area contributed by atoms with Crippen LogP contribution in [0.2, 0.25) is 0 Å². The van der Waals surface area contributed by atoms with Gasteiger partial charge in [0.05, 0.1) is 23.2 Å². The summed E-state index contributed by atoms with van der Waals surface area (Å²) >= 11 is 0. The molecule has 0 aliphatic carbocycles. The minimum Gasteiger partial charge on any atom is -0.322 e. The van der Waals surface area contributed by atoms with Gasteiger partial charge in [-0.3, -0.25) is 4.57 Å². The smallest absolute Gasteiger partial charge is 0.322 e. The first kappa shape index (κ1) is 28.8. The summed E-state index contributed by atoms with van der Waals surface area (Å²) in [6.07, 6.45) is -4.82. The van der Waals surface area contributed by atoms with E-state index >= 15 is 0 Å². The molecule has 0 amide bonds. The van der Waals surface area contributed by atoms with Crippen LogP contribution in [-0.4, -0.2) is 8.42 Å². The minimum absolute atomic E-state index is 0.0156. The Kier molecular flexibility index (Phi) is 8.76. The van der Waals surface area contributed by atoms with Crippen molar-refractivity contribution >= 4 is 17.4 Å². The third kappa shape index (κ3) is 7.46. The van der Waals surface area contributed by atoms with Gasteiger partial charge in [-0.05, 0) is 47.9 Å². The van der Waals surface area contributed by atoms with Crippen LogP contribution in [0.5, 0.6) is 0 Å². The van der Waals surface area contributed by atoms with Crippen molar-refractivity contribution in [2.24, 2.45) is 0 Å². The molecule has 204 valence electrons. The van der Waals surface area contributed by atoms with E-state index in [0.717, 1.165) is 17.7 Å². The average Bonchev–Trinajstić information content (AvgIpc) is 2.92. The molecular weight excluding hydrogens is 546 g/mol. The van der Waals surface area contributed by atoms with Crippen molar-refractivity contribution in [1.82, 2.24) is 4.72 Å². The molecule has 0 spiro atoms. The fourth-order valence-corrected chi connectivity index (χ4v) is 8.22. The predicted molar refractivity (Wildman–Crippen MR) is 145 cm³/mol. The van der Waals surface area contributed by atoms with Gasteiger partial charge in [-0.15, -0.1) is 0 Å². The van der Waals surface area contributed by atoms with E-state index in [2.05, 4.69) is 4.72 Å². The summed E-state index contributed by atoms with van der Waals surface area (Å²) < 4.78 is 89.6. The monoisotopic (exact) mass is 573 g/mol. The van der Waals surface area contributed by atoms with Crippen LogP contribution >= 0.6 is 7.37 Å². The largest absolute Gasteiger partial charge is 0.416 e. The van der Waals surface area contributed by atoms with Crippen LogP contribution in [0.4, 0.5) is 13.2 Å². The molecule has 0 saturated heterocycles. The Morgan fingerprint density at radius 1 is 0.795 bits per heavy atom. The molecule has 4 aromatic carbocycles. The molecule has 0 radical (unpaired) electrons. The molecule has 4 rings (SSSR count). The number of hydrogen-bond acceptors (Lipinski definition) is 4. The van der Waals surface area contributed by atoms with Crippen LogP contribution in [0.3, 0.4) is 0 Å². The number of rotatable bonds is 10. The van der Waals surface area contributed by atoms with Crippen LogP contribution in [0, 0.1) is 6.92 Å². The highest BCUT2D eigenvalue weighted by Crippen LogP contribution is 2.62. The van der Waals surface area contributed by atoms with Gasteiger partial charge in [0.2, 0.25) is 17.4 Å². The van der Waals surface area contributed by atoms with Crippen LogP contribution in [-0.2, 0) is 38.1 Å². The Labute approximate surface area is 226 Å². The van der Waals surface area contributed by atoms with E-state index in [-0.39, 0.29) is 17.7 Å². The number of aryl methyl sites for hydroxylation is 1. The lowest BCUT2D eigenvalue weighted by Crippen LogP contribution is -2.29. The Hall–Kier alpha value is -3.23. The summed E-state index contributed by atoms with van der Waals surface area (Å²) in [7, 11) is -8.15. The number of benzene rings is 4. The van der Waals surface area contributed by atoms with Crippen molar-refractivity contribution in [2.75, 3.05) is 0 Å². The van der Waals surface area contributed by atoms with Gasteiger partial charge in [0.25, 0.3) is 0 Å². The summed E-state index contributed by atoms with van der Waals surface area (Å²) in [5.74, 6) is -1.31. The Bertz CT molecular complexity index is 1530. The zero-order valence-electron chi connectivity index (χ0n) is 21.0. The molecule has 0 unspecified atom stereocenters. The van der Waals surface area contributed by atoms with Crippen molar-refractivity contribution < 1.29 is 30.7 Å². The van der Waals surface area contributed by atoms with Crippen LogP contribution in [0.15, 0.2) is 114 Å². The van der Waals surface area contributed by atoms with Gasteiger partial charge in [-0.2, -0.15) is 17.9 Å². The lowest BCUT2D eigenvalue weighted by atomic mass is 10.1. The van der Waals surface area contributed by atoms with Gasteiger partial charge in [0, 0.05) is 0 Å². The van der Waals surface area contributed by atoms with E-state index in [1.54, 1.807) is 66.7 Å². The van der Waals surface area contributed by atoms with Gasteiger partial charge in [0.15, 0.2) is 0 Å². The lowest BCUT2D eigenvalue weighted by molar-refractivity contribution is -0.137. The summed E-state index contributed by atoms with van der Waals surface area (Å²) in [6, 6.07) is 27.8. The highest BCUT2D eigenvalue weighted by atomic mass is 32.2. The molecule has 0 aliphatic rings. The normalized spacial score (nSPS) is 14.5. The summed E-state index contributed by atoms with van der Waals surface area (Å²) in [4.78, 5) is -0.0156. The van der Waals surface area contributed by atoms with E-state index in [0.29, 0.717) is 16.7 Å². The van der Waals surface area contributed by atoms with Gasteiger partial charge in [-0.25, -0.2) is 8.42 Å². The average molecular weight is 574 g/mol. The number of nitrogens with one attached hydrogen (secondary N) is 1. The van der Waals surface area contributed by atoms with Crippen molar-refractivity contribution in [2.45, 2.75) is 36.5 Å². The molecule has 2 atom stereocenters. The third-order valence-electron chi connectivity index (χ3n) is 6.08. The van der Waals surface area contributed by atoms with Gasteiger partial charge in [-0.1, -0.05) is 90.5 Å². The Morgan fingerprint density at radius 2 is 1.36 bits per heavy atom. The fraction of sp³-hybridized carbons (Fsp3) is 0.172. The lowest BCUT2D eigenvalue weighted by Gasteiger charge is -2.29. The van der Waals surface area contributed by atoms with Crippen molar-refractivity contribution in [1.29, 1.82) is 0 Å². The van der Waals surface area contributed by atoms with Gasteiger partial charge < -0.3 is 4.52 Å². The summed E-state index contributed by atoms with van der Waals surface area (Å²) in [5, 5.41) is 0. The van der Waals surface area contributed by atoms with Crippen LogP contribution < -0.4 is 4.72 Å². The first-order chi connectivity index (χ1) is 18.5. The zero-order valence-corrected chi connectivity index (χ0v) is 22.7. The molecule has 0 heterocycles. The number of sulfonamides is 1. The second-order valence-corrected chi connectivity index (χ2v) is 13.3. The molecule has 0 bridgehead atoms. The molecule has 0 aliphatic heterocycles. The number of alkyl halides is 3. The van der Waals surface area contributed by atoms with E-state index in [4.69, 9.17) is 4.52 Å². The second-order valence-electron chi connectivity index (χ2n) is 9.09. The maximum absolute atomic E-state index is 14.7. The zero-order chi connectivity index (χ0) is 28.1. The minimum atomic E-state index is -4.53. The van der Waals surface area contributed by atoms with Gasteiger partial charge in [0.1, 0.15) is 5.78 Å². The first-order valence-electron chi connectivity index (χ1n) is 12.0. The molecular formula is C29H27F3NO4PS. The summed E-state index contributed by atoms with van der Waals surface area (Å²) in [6.45, 7) is 1.74. The number of halogens is 3. The summed E-state index contributed by atoms with van der Waals surface area (Å²) in [5.41, 5.74) is 1.45. The topological polar surface area (TPSA) is 72.5 Å². The molecule has 10 heteroatoms. The highest BCUT2D eigenvalue weighted by Gasteiger charge is 2.39. The molecule has 0 fully saturated rings. The van der Waals surface area contributed by atoms with Gasteiger partial charge >= 0.3 is 6.18 Å². The van der Waals surface area contributed by atoms with Crippen LogP contribution in [0.25, 0.3) is 0 Å². The SMILES string of the molecule is Cc1ccc(S(=O)(=O)N[C@@H](c2ccccc2)[P@](=O)(Cc2ccc(C(F)(F)F)cc2)OCc2ccccc2)cc1. The molecule has 5 nitrogen and oxygen atoms in total. The predicted octanol–water partition coefficient (Wildman–Crippen LogP) is 7.69. The second kappa shape index (κ2) is 11.9. The Morgan fingerprint density at radius 3 is 1.92 bits per heavy atom. The number of hydrogen-bond donors (Lipinski definition) is 1. The third-order valence-corrected chi connectivity index (χ3v) is 10.3. The molecule has 0 saturated carbocycles. The molecule has 1 N–H and O–H groups in total. The van der Waals surface area contributed by atoms with E-state index < -0.39 is 34.9 Å². The maximum Gasteiger partial charge on any atom is 0.416 e. The standard InChI is InChI=1S/C29H27F3NO4PS/c1-22-12-18-27(19-13-22)39(35,36)33-28(25-10-6-3-7-11-25)38(34,37-20-23-8-4-2-5-9-23)21-24-14-16-26(17-15-24)29(30,31)32/h2-19,28,33H,20-21H2,1H3/t28-,38+/m1/s1. The van der Waals surface area contributed by atoms with E-state index in [1.165, 1.54) is 24.3 Å². The van der Waals surface area contributed by atoms with Crippen molar-refractivity contribution in [3.8, 4) is 0 Å². The van der Waals surface area contributed by atoms with Crippen LogP contribution in [0.1, 0.15) is 33.6 Å². The Balaban J connectivity index is 1.76. The molecule has 39 heavy (non-hydrogen) atoms. The van der Waals surface area contributed by atoms with E-state index in [9.17, 15) is 26.2 Å². The highest BCUT2D eigenvalue weighted by molar-refractivity contribution is 7.89. The first-order valence-corrected chi connectivity index (χ1v) is 15.4. The van der Waals surface area contributed by atoms with Crippen molar-refractivity contribution in [3.63, 3.8) is 0 Å². The van der Waals surface area contributed by atoms with E-state index in [1.807, 2.05) is 13.0 Å². The fourth-order valence-electron chi connectivity index (χ4n) is 3.97. The van der Waals surface area contributed by atoms with Crippen molar-refractivity contribution in [3.05, 3.63) is 137 Å².